The number of aliphatic hydroxyl groups is 2. The summed E-state index contributed by atoms with van der Waals surface area (Å²) in [4.78, 5) is 34.3. The van der Waals surface area contributed by atoms with E-state index in [0.717, 1.165) is 64.2 Å². The SMILES string of the molecule is CC/C=C\C/C=C\C/C=C\C/C=C\CCC(=O)OC(CO)COP(=O)(O)OCC(CO)OC(=O)CCCCCCC/C=C\CCCCCCCCC. The van der Waals surface area contributed by atoms with E-state index in [9.17, 15) is 29.3 Å². The van der Waals surface area contributed by atoms with Crippen molar-refractivity contribution >= 4 is 19.8 Å². The molecule has 0 rings (SSSR count). The molecule has 3 atom stereocenters. The van der Waals surface area contributed by atoms with Gasteiger partial charge >= 0.3 is 19.8 Å². The lowest BCUT2D eigenvalue weighted by atomic mass is 10.1. The molecule has 10 nitrogen and oxygen atoms in total. The summed E-state index contributed by atoms with van der Waals surface area (Å²) < 4.78 is 32.4. The molecule has 0 aliphatic heterocycles. The summed E-state index contributed by atoms with van der Waals surface area (Å²) in [6, 6.07) is 0. The number of carbonyl (C=O) groups excluding carboxylic acids is 2. The maximum Gasteiger partial charge on any atom is 0.472 e. The van der Waals surface area contributed by atoms with Crippen molar-refractivity contribution in [2.24, 2.45) is 0 Å². The second-order valence-electron chi connectivity index (χ2n) is 12.9. The lowest BCUT2D eigenvalue weighted by molar-refractivity contribution is -0.153. The molecule has 3 N–H and O–H groups in total. The molecule has 0 aromatic heterocycles. The van der Waals surface area contributed by atoms with Gasteiger partial charge in [0.25, 0.3) is 0 Å². The van der Waals surface area contributed by atoms with E-state index in [2.05, 4.69) is 56.4 Å². The van der Waals surface area contributed by atoms with Crippen LogP contribution in [0.3, 0.4) is 0 Å². The Hall–Kier alpha value is -2.33. The van der Waals surface area contributed by atoms with Crippen LogP contribution in [0.25, 0.3) is 0 Å². The molecule has 0 saturated carbocycles. The second-order valence-corrected chi connectivity index (χ2v) is 14.3. The second kappa shape index (κ2) is 37.0. The Labute approximate surface area is 315 Å². The molecule has 52 heavy (non-hydrogen) atoms. The van der Waals surface area contributed by atoms with Gasteiger partial charge in [0.05, 0.1) is 26.4 Å². The number of aliphatic hydroxyl groups excluding tert-OH is 2. The van der Waals surface area contributed by atoms with Gasteiger partial charge in [0.2, 0.25) is 0 Å². The molecule has 0 aliphatic rings. The van der Waals surface area contributed by atoms with E-state index in [0.29, 0.717) is 12.8 Å². The number of rotatable bonds is 36. The van der Waals surface area contributed by atoms with Crippen LogP contribution in [0.5, 0.6) is 0 Å². The number of carbonyl (C=O) groups is 2. The van der Waals surface area contributed by atoms with Crippen LogP contribution in [-0.2, 0) is 32.7 Å². The van der Waals surface area contributed by atoms with Gasteiger partial charge in [-0.05, 0) is 64.2 Å². The van der Waals surface area contributed by atoms with Crippen molar-refractivity contribution < 1.29 is 47.8 Å². The van der Waals surface area contributed by atoms with Gasteiger partial charge in [-0.3, -0.25) is 18.6 Å². The summed E-state index contributed by atoms with van der Waals surface area (Å²) in [5, 5.41) is 19.1. The van der Waals surface area contributed by atoms with E-state index in [4.69, 9.17) is 18.5 Å². The summed E-state index contributed by atoms with van der Waals surface area (Å²) in [5.74, 6) is -1.12. The largest absolute Gasteiger partial charge is 0.472 e. The van der Waals surface area contributed by atoms with E-state index >= 15 is 0 Å². The van der Waals surface area contributed by atoms with Gasteiger partial charge in [-0.2, -0.15) is 0 Å². The monoisotopic (exact) mass is 754 g/mol. The first kappa shape index (κ1) is 49.7. The number of phosphoric acid groups is 1. The van der Waals surface area contributed by atoms with Crippen molar-refractivity contribution in [2.45, 2.75) is 161 Å². The van der Waals surface area contributed by atoms with E-state index in [1.807, 2.05) is 18.2 Å². The molecule has 3 unspecified atom stereocenters. The number of hydrogen-bond acceptors (Lipinski definition) is 9. The van der Waals surface area contributed by atoms with Gasteiger partial charge in [-0.15, -0.1) is 0 Å². The quantitative estimate of drug-likeness (QED) is 0.0244. The fourth-order valence-corrected chi connectivity index (χ4v) is 5.73. The lowest BCUT2D eigenvalue weighted by Crippen LogP contribution is -2.28. The zero-order valence-electron chi connectivity index (χ0n) is 32.3. The Morgan fingerprint density at radius 3 is 1.42 bits per heavy atom. The first-order valence-corrected chi connectivity index (χ1v) is 21.2. The maximum absolute atomic E-state index is 12.3. The summed E-state index contributed by atoms with van der Waals surface area (Å²) in [7, 11) is -4.65. The molecule has 0 saturated heterocycles. The predicted molar refractivity (Wildman–Crippen MR) is 210 cm³/mol. The average molecular weight is 755 g/mol. The van der Waals surface area contributed by atoms with Crippen LogP contribution >= 0.6 is 7.82 Å². The number of ether oxygens (including phenoxy) is 2. The summed E-state index contributed by atoms with van der Waals surface area (Å²) in [6.45, 7) is 1.97. The molecule has 300 valence electrons. The molecule has 0 heterocycles. The van der Waals surface area contributed by atoms with Crippen LogP contribution in [0.2, 0.25) is 0 Å². The molecule has 0 fully saturated rings. The highest BCUT2D eigenvalue weighted by molar-refractivity contribution is 7.47. The van der Waals surface area contributed by atoms with Crippen molar-refractivity contribution in [1.82, 2.24) is 0 Å². The zero-order valence-corrected chi connectivity index (χ0v) is 33.1. The first-order valence-electron chi connectivity index (χ1n) is 19.7. The van der Waals surface area contributed by atoms with Crippen LogP contribution in [-0.4, -0.2) is 65.7 Å². The minimum Gasteiger partial charge on any atom is -0.457 e. The molecule has 11 heteroatoms. The third-order valence-electron chi connectivity index (χ3n) is 7.98. The molecule has 0 spiro atoms. The van der Waals surface area contributed by atoms with Crippen LogP contribution in [0.4, 0.5) is 0 Å². The van der Waals surface area contributed by atoms with E-state index < -0.39 is 58.4 Å². The fraction of sp³-hybridized carbons (Fsp3) is 0.707. The smallest absolute Gasteiger partial charge is 0.457 e. The number of esters is 2. The average Bonchev–Trinajstić information content (AvgIpc) is 3.13. The minimum atomic E-state index is -4.65. The van der Waals surface area contributed by atoms with Crippen LogP contribution < -0.4 is 0 Å². The number of hydrogen-bond donors (Lipinski definition) is 3. The molecule has 0 aromatic carbocycles. The van der Waals surface area contributed by atoms with Crippen molar-refractivity contribution in [1.29, 1.82) is 0 Å². The third-order valence-corrected chi connectivity index (χ3v) is 8.93. The summed E-state index contributed by atoms with van der Waals surface area (Å²) >= 11 is 0. The van der Waals surface area contributed by atoms with Crippen molar-refractivity contribution in [3.8, 4) is 0 Å². The molecule has 0 radical (unpaired) electrons. The van der Waals surface area contributed by atoms with Crippen molar-refractivity contribution in [3.05, 3.63) is 60.8 Å². The highest BCUT2D eigenvalue weighted by Crippen LogP contribution is 2.43. The molecule has 0 aliphatic carbocycles. The fourth-order valence-electron chi connectivity index (χ4n) is 4.95. The molecule has 0 aromatic rings. The van der Waals surface area contributed by atoms with Crippen LogP contribution in [0.15, 0.2) is 60.8 Å². The normalized spacial score (nSPS) is 14.6. The lowest BCUT2D eigenvalue weighted by Gasteiger charge is -2.20. The Kier molecular flexibility index (Phi) is 35.3. The van der Waals surface area contributed by atoms with Gasteiger partial charge in [0.15, 0.2) is 0 Å². The topological polar surface area (TPSA) is 149 Å². The Morgan fingerprint density at radius 1 is 0.538 bits per heavy atom. The Bertz CT molecular complexity index is 1050. The highest BCUT2D eigenvalue weighted by atomic mass is 31.2. The Balaban J connectivity index is 4.06. The maximum atomic E-state index is 12.3. The van der Waals surface area contributed by atoms with E-state index in [1.54, 1.807) is 0 Å². The zero-order chi connectivity index (χ0) is 38.4. The standard InChI is InChI=1S/C41H71O10P/c1-3-5-7-9-11-13-15-17-18-19-21-23-25-27-29-31-33-41(45)51-39(35-43)37-49-52(46,47)48-36-38(34-42)50-40(44)32-30-28-26-24-22-20-16-14-12-10-8-6-4-2/h6,8,12,14,18-20,22,26,28,38-39,42-43H,3-5,7,9-11,13,15-17,21,23-25,27,29-37H2,1-2H3,(H,46,47)/b8-6-,14-12-,19-18-,22-20-,28-26-. The van der Waals surface area contributed by atoms with E-state index in [1.165, 1.54) is 44.9 Å². The predicted octanol–water partition coefficient (Wildman–Crippen LogP) is 9.94. The van der Waals surface area contributed by atoms with Crippen LogP contribution in [0, 0.1) is 0 Å². The third kappa shape index (κ3) is 34.7. The highest BCUT2D eigenvalue weighted by Gasteiger charge is 2.27. The van der Waals surface area contributed by atoms with Gasteiger partial charge in [-0.25, -0.2) is 4.57 Å². The van der Waals surface area contributed by atoms with Gasteiger partial charge in [0.1, 0.15) is 12.2 Å². The van der Waals surface area contributed by atoms with Crippen molar-refractivity contribution in [3.63, 3.8) is 0 Å². The number of allylic oxidation sites excluding steroid dienone is 10. The minimum absolute atomic E-state index is 0.0681. The van der Waals surface area contributed by atoms with E-state index in [-0.39, 0.29) is 12.8 Å². The molecular weight excluding hydrogens is 683 g/mol. The Morgan fingerprint density at radius 2 is 0.942 bits per heavy atom. The number of phosphoric ester groups is 1. The number of unbranched alkanes of at least 4 members (excludes halogenated alkanes) is 12. The van der Waals surface area contributed by atoms with Gasteiger partial charge in [0, 0.05) is 12.8 Å². The molecule has 0 bridgehead atoms. The van der Waals surface area contributed by atoms with Crippen molar-refractivity contribution in [2.75, 3.05) is 26.4 Å². The van der Waals surface area contributed by atoms with Gasteiger partial charge < -0.3 is 24.6 Å². The van der Waals surface area contributed by atoms with Crippen LogP contribution in [0.1, 0.15) is 149 Å². The summed E-state index contributed by atoms with van der Waals surface area (Å²) in [5.41, 5.74) is 0. The van der Waals surface area contributed by atoms with Gasteiger partial charge in [-0.1, -0.05) is 132 Å². The molecular formula is C41H71O10P. The summed E-state index contributed by atoms with van der Waals surface area (Å²) in [6.07, 6.45) is 39.3. The molecule has 0 amide bonds. The first-order chi connectivity index (χ1) is 25.3.